The van der Waals surface area contributed by atoms with Gasteiger partial charge in [-0.1, -0.05) is 0 Å². The van der Waals surface area contributed by atoms with Crippen LogP contribution in [-0.4, -0.2) is 111 Å². The van der Waals surface area contributed by atoms with Gasteiger partial charge in [0.25, 0.3) is 5.91 Å². The molecule has 3 N–H and O–H groups in total. The summed E-state index contributed by atoms with van der Waals surface area (Å²) < 4.78 is 60.6. The van der Waals surface area contributed by atoms with Crippen LogP contribution in [0, 0.1) is 11.6 Å². The number of nitrogens with one attached hydrogen (secondary N) is 3. The van der Waals surface area contributed by atoms with E-state index in [0.29, 0.717) is 49.3 Å². The molecule has 3 amide bonds. The van der Waals surface area contributed by atoms with E-state index in [1.54, 1.807) is 17.0 Å². The lowest BCUT2D eigenvalue weighted by Crippen LogP contribution is -2.44. The van der Waals surface area contributed by atoms with E-state index in [9.17, 15) is 26.8 Å². The number of fused-ring (bicyclic) bond motifs is 1. The molecule has 16 heteroatoms. The Morgan fingerprint density at radius 2 is 1.64 bits per heavy atom. The van der Waals surface area contributed by atoms with Gasteiger partial charge in [-0.3, -0.25) is 9.89 Å². The first-order chi connectivity index (χ1) is 21.6. The fourth-order valence-electron chi connectivity index (χ4n) is 5.64. The number of H-pyrrole nitrogens is 1. The van der Waals surface area contributed by atoms with Gasteiger partial charge in [-0.05, 0) is 37.4 Å². The Kier molecular flexibility index (Phi) is 8.72. The van der Waals surface area contributed by atoms with Crippen molar-refractivity contribution in [1.82, 2.24) is 24.3 Å². The Hall–Kier alpha value is -4.12. The molecule has 1 aromatic heterocycles. The predicted molar refractivity (Wildman–Crippen MR) is 162 cm³/mol. The molecule has 3 aliphatic heterocycles. The first-order valence-electron chi connectivity index (χ1n) is 14.6. The smallest absolute Gasteiger partial charge is 0.322 e. The number of hydrogen-bond donors (Lipinski definition) is 3. The number of aromatic nitrogens is 2. The number of anilines is 3. The summed E-state index contributed by atoms with van der Waals surface area (Å²) in [6.45, 7) is 4.91. The van der Waals surface area contributed by atoms with Crippen LogP contribution in [0.15, 0.2) is 41.3 Å². The van der Waals surface area contributed by atoms with Crippen molar-refractivity contribution in [3.8, 4) is 0 Å². The fourth-order valence-corrected chi connectivity index (χ4v) is 7.09. The Morgan fingerprint density at radius 1 is 0.933 bits per heavy atom. The maximum absolute atomic E-state index is 13.8. The van der Waals surface area contributed by atoms with Crippen LogP contribution in [0.5, 0.6) is 0 Å². The average Bonchev–Trinajstić information content (AvgIpc) is 3.43. The second kappa shape index (κ2) is 12.7. The number of aromatic amines is 1. The van der Waals surface area contributed by atoms with Crippen LogP contribution in [0.4, 0.5) is 30.8 Å². The third-order valence-electron chi connectivity index (χ3n) is 8.26. The third kappa shape index (κ3) is 6.63. The summed E-state index contributed by atoms with van der Waals surface area (Å²) in [5, 5.41) is 12.7. The second-order valence-electron chi connectivity index (χ2n) is 11.2. The lowest BCUT2D eigenvalue weighted by Gasteiger charge is -2.34. The largest absolute Gasteiger partial charge is 0.378 e. The molecule has 0 aliphatic carbocycles. The van der Waals surface area contributed by atoms with Gasteiger partial charge in [0, 0.05) is 81.8 Å². The lowest BCUT2D eigenvalue weighted by atomic mass is 10.1. The van der Waals surface area contributed by atoms with E-state index in [4.69, 9.17) is 4.74 Å². The van der Waals surface area contributed by atoms with Gasteiger partial charge in [0.2, 0.25) is 10.0 Å². The van der Waals surface area contributed by atoms with Gasteiger partial charge in [0.05, 0.1) is 29.4 Å². The van der Waals surface area contributed by atoms with Crippen molar-refractivity contribution >= 4 is 39.2 Å². The molecule has 0 unspecified atom stereocenters. The van der Waals surface area contributed by atoms with Gasteiger partial charge in [-0.15, -0.1) is 0 Å². The molecular formula is C29H34F2N8O5S. The molecule has 2 saturated heterocycles. The number of ether oxygens (including phenoxy) is 1. The molecule has 2 fully saturated rings. The zero-order valence-electron chi connectivity index (χ0n) is 24.7. The summed E-state index contributed by atoms with van der Waals surface area (Å²) in [5.41, 5.74) is 2.45. The van der Waals surface area contributed by atoms with Crippen LogP contribution in [0.1, 0.15) is 21.6 Å². The number of sulfonamides is 1. The molecule has 3 aliphatic rings. The van der Waals surface area contributed by atoms with E-state index in [-0.39, 0.29) is 36.9 Å². The molecule has 0 radical (unpaired) electrons. The van der Waals surface area contributed by atoms with Crippen molar-refractivity contribution in [2.45, 2.75) is 17.9 Å². The van der Waals surface area contributed by atoms with Crippen molar-refractivity contribution < 1.29 is 31.5 Å². The van der Waals surface area contributed by atoms with Crippen LogP contribution in [0.3, 0.4) is 0 Å². The zero-order chi connectivity index (χ0) is 31.7. The van der Waals surface area contributed by atoms with E-state index >= 15 is 0 Å². The molecule has 13 nitrogen and oxygen atoms in total. The number of carbonyl (C=O) groups is 2. The number of likely N-dealkylation sites (N-methyl/N-ethyl adjacent to an activating group) is 1. The molecular weight excluding hydrogens is 610 g/mol. The SMILES string of the molecule is CN1CCN(c2ccc(C(=O)Nc3n[nH]c4c3CN(S(=O)(=O)c3cc(F)cc(F)c3)CC4)c(NC(=O)N3CCOCC3)c2)CC1. The first kappa shape index (κ1) is 30.9. The molecule has 0 spiro atoms. The number of rotatable bonds is 6. The number of urea groups is 1. The van der Waals surface area contributed by atoms with Gasteiger partial charge in [0.15, 0.2) is 5.82 Å². The highest BCUT2D eigenvalue weighted by molar-refractivity contribution is 7.89. The number of hydrogen-bond acceptors (Lipinski definition) is 8. The Morgan fingerprint density at radius 3 is 2.36 bits per heavy atom. The summed E-state index contributed by atoms with van der Waals surface area (Å²) in [4.78, 5) is 32.4. The standard InChI is InChI=1S/C29H34F2N8O5S/c1-36-6-8-37(9-7-36)21-2-3-23(26(17-21)32-29(41)38-10-12-44-13-11-38)28(40)33-27-24-18-39(5-4-25(24)34-35-27)45(42,43)22-15-19(30)14-20(31)16-22/h2-3,14-17H,4-13,18H2,1H3,(H,32,41)(H2,33,34,35,40). The molecule has 240 valence electrons. The minimum absolute atomic E-state index is 0.0501. The van der Waals surface area contributed by atoms with Crippen molar-refractivity contribution in [1.29, 1.82) is 0 Å². The van der Waals surface area contributed by atoms with Gasteiger partial charge >= 0.3 is 6.03 Å². The van der Waals surface area contributed by atoms with Crippen LogP contribution >= 0.6 is 0 Å². The summed E-state index contributed by atoms with van der Waals surface area (Å²) in [5.74, 6) is -2.44. The maximum Gasteiger partial charge on any atom is 0.322 e. The van der Waals surface area contributed by atoms with Crippen LogP contribution in [0.25, 0.3) is 0 Å². The van der Waals surface area contributed by atoms with Gasteiger partial charge in [-0.2, -0.15) is 9.40 Å². The summed E-state index contributed by atoms with van der Waals surface area (Å²) in [6.07, 6.45) is 0.246. The third-order valence-corrected chi connectivity index (χ3v) is 10.1. The van der Waals surface area contributed by atoms with Crippen molar-refractivity contribution in [2.75, 3.05) is 81.6 Å². The molecule has 45 heavy (non-hydrogen) atoms. The van der Waals surface area contributed by atoms with E-state index in [1.165, 1.54) is 0 Å². The monoisotopic (exact) mass is 644 g/mol. The molecule has 3 aromatic rings. The quantitative estimate of drug-likeness (QED) is 0.371. The molecule has 0 atom stereocenters. The minimum atomic E-state index is -4.24. The van der Waals surface area contributed by atoms with Crippen molar-refractivity contribution in [3.63, 3.8) is 0 Å². The lowest BCUT2D eigenvalue weighted by molar-refractivity contribution is 0.0564. The van der Waals surface area contributed by atoms with Gasteiger partial charge < -0.3 is 30.1 Å². The molecule has 6 rings (SSSR count). The normalized spacial score (nSPS) is 18.0. The predicted octanol–water partition coefficient (Wildman–Crippen LogP) is 2.30. The van der Waals surface area contributed by atoms with Crippen LogP contribution in [-0.2, 0) is 27.7 Å². The van der Waals surface area contributed by atoms with Crippen LogP contribution < -0.4 is 15.5 Å². The number of morpholine rings is 1. The number of halogens is 2. The molecule has 4 heterocycles. The van der Waals surface area contributed by atoms with E-state index in [1.807, 2.05) is 6.07 Å². The summed E-state index contributed by atoms with van der Waals surface area (Å²) in [6, 6.07) is 7.05. The highest BCUT2D eigenvalue weighted by Gasteiger charge is 2.32. The minimum Gasteiger partial charge on any atom is -0.378 e. The summed E-state index contributed by atoms with van der Waals surface area (Å²) >= 11 is 0. The zero-order valence-corrected chi connectivity index (χ0v) is 25.5. The number of nitrogens with zero attached hydrogens (tertiary/aromatic N) is 5. The molecule has 0 bridgehead atoms. The van der Waals surface area contributed by atoms with Gasteiger partial charge in [0.1, 0.15) is 11.6 Å². The number of benzene rings is 2. The number of carbonyl (C=O) groups excluding carboxylic acids is 2. The Balaban J connectivity index is 1.24. The van der Waals surface area contributed by atoms with Gasteiger partial charge in [-0.25, -0.2) is 22.0 Å². The maximum atomic E-state index is 13.8. The molecule has 0 saturated carbocycles. The topological polar surface area (TPSA) is 143 Å². The van der Waals surface area contributed by atoms with E-state index in [0.717, 1.165) is 48.3 Å². The average molecular weight is 645 g/mol. The second-order valence-corrected chi connectivity index (χ2v) is 13.2. The first-order valence-corrected chi connectivity index (χ1v) is 16.1. The number of piperazine rings is 1. The van der Waals surface area contributed by atoms with E-state index < -0.39 is 32.5 Å². The fraction of sp³-hybridized carbons (Fsp3) is 0.414. The molecule has 2 aromatic carbocycles. The Bertz CT molecular complexity index is 1680. The summed E-state index contributed by atoms with van der Waals surface area (Å²) in [7, 11) is -2.19. The van der Waals surface area contributed by atoms with E-state index in [2.05, 4.69) is 37.7 Å². The number of amides is 3. The van der Waals surface area contributed by atoms with Crippen molar-refractivity contribution in [2.24, 2.45) is 0 Å². The van der Waals surface area contributed by atoms with Crippen LogP contribution in [0.2, 0.25) is 0 Å². The Labute approximate surface area is 259 Å². The highest BCUT2D eigenvalue weighted by Crippen LogP contribution is 2.31. The highest BCUT2D eigenvalue weighted by atomic mass is 32.2. The van der Waals surface area contributed by atoms with Crippen molar-refractivity contribution in [3.05, 3.63) is 64.9 Å².